The van der Waals surface area contributed by atoms with Gasteiger partial charge in [-0.3, -0.25) is 18.8 Å². The first-order valence-corrected chi connectivity index (χ1v) is 14.1. The van der Waals surface area contributed by atoms with Crippen molar-refractivity contribution in [3.63, 3.8) is 0 Å². The van der Waals surface area contributed by atoms with E-state index in [1.807, 2.05) is 0 Å². The van der Waals surface area contributed by atoms with Crippen LogP contribution in [0, 0.1) is 6.92 Å². The van der Waals surface area contributed by atoms with E-state index in [1.165, 1.54) is 18.1 Å². The minimum absolute atomic E-state index is 0.0127. The Balaban J connectivity index is 1.35. The number of benzene rings is 2. The van der Waals surface area contributed by atoms with Crippen LogP contribution < -0.4 is 20.3 Å². The van der Waals surface area contributed by atoms with E-state index in [0.29, 0.717) is 44.2 Å². The van der Waals surface area contributed by atoms with Crippen molar-refractivity contribution in [1.82, 2.24) is 14.7 Å². The lowest BCUT2D eigenvalue weighted by molar-refractivity contribution is -0.122. The maximum Gasteiger partial charge on any atom is 0.250 e. The number of carbonyl (C=O) groups is 3. The Morgan fingerprint density at radius 2 is 1.81 bits per heavy atom. The first-order valence-electron chi connectivity index (χ1n) is 12.9. The summed E-state index contributed by atoms with van der Waals surface area (Å²) < 4.78 is 12.5. The number of nitrogens with zero attached hydrogens (tertiary/aromatic N) is 3. The maximum atomic E-state index is 12.9. The van der Waals surface area contributed by atoms with Crippen molar-refractivity contribution in [3.8, 4) is 5.75 Å². The fraction of sp³-hybridized carbons (Fsp3) is 0.200. The Morgan fingerprint density at radius 1 is 1.07 bits per heavy atom. The second-order valence-electron chi connectivity index (χ2n) is 9.31. The molecule has 2 aromatic carbocycles. The molecular formula is C30H28Cl3N5O5. The van der Waals surface area contributed by atoms with E-state index in [1.54, 1.807) is 79.2 Å². The molecule has 0 saturated carbocycles. The van der Waals surface area contributed by atoms with Crippen LogP contribution in [0.15, 0.2) is 60.8 Å². The molecule has 0 bridgehead atoms. The second kappa shape index (κ2) is 14.4. The monoisotopic (exact) mass is 643 g/mol. The second-order valence-corrected chi connectivity index (χ2v) is 10.5. The van der Waals surface area contributed by atoms with Crippen LogP contribution in [-0.4, -0.2) is 54.4 Å². The van der Waals surface area contributed by atoms with Crippen molar-refractivity contribution in [2.45, 2.75) is 13.5 Å². The van der Waals surface area contributed by atoms with E-state index in [-0.39, 0.29) is 30.7 Å². The summed E-state index contributed by atoms with van der Waals surface area (Å²) in [5.41, 5.74) is 3.42. The molecule has 3 amide bonds. The third-order valence-electron chi connectivity index (χ3n) is 6.30. The molecule has 10 nitrogen and oxygen atoms in total. The summed E-state index contributed by atoms with van der Waals surface area (Å²) in [6.45, 7) is 1.50. The number of hydrogen-bond donors (Lipinski definition) is 2. The molecule has 2 N–H and O–H groups in total. The van der Waals surface area contributed by atoms with E-state index in [2.05, 4.69) is 15.6 Å². The zero-order valence-corrected chi connectivity index (χ0v) is 25.8. The molecule has 0 saturated heterocycles. The van der Waals surface area contributed by atoms with Crippen LogP contribution in [0.4, 0.5) is 11.4 Å². The van der Waals surface area contributed by atoms with E-state index < -0.39 is 11.8 Å². The van der Waals surface area contributed by atoms with Crippen LogP contribution in [-0.2, 0) is 25.7 Å². The number of imidazole rings is 1. The molecule has 2 aromatic heterocycles. The molecule has 0 aliphatic heterocycles. The summed E-state index contributed by atoms with van der Waals surface area (Å²) in [4.78, 5) is 42.6. The molecular weight excluding hydrogens is 617 g/mol. The van der Waals surface area contributed by atoms with Crippen LogP contribution in [0.5, 0.6) is 5.75 Å². The van der Waals surface area contributed by atoms with Crippen LogP contribution in [0.25, 0.3) is 11.7 Å². The fourth-order valence-electron chi connectivity index (χ4n) is 4.02. The van der Waals surface area contributed by atoms with Gasteiger partial charge in [0, 0.05) is 42.7 Å². The molecule has 0 aliphatic carbocycles. The van der Waals surface area contributed by atoms with Gasteiger partial charge >= 0.3 is 0 Å². The van der Waals surface area contributed by atoms with E-state index in [9.17, 15) is 14.4 Å². The molecule has 13 heteroatoms. The smallest absolute Gasteiger partial charge is 0.250 e. The number of ether oxygens (including phenoxy) is 2. The van der Waals surface area contributed by atoms with Gasteiger partial charge in [-0.15, -0.1) is 0 Å². The molecule has 0 fully saturated rings. The Kier molecular flexibility index (Phi) is 10.7. The molecule has 4 rings (SSSR count). The number of carbonyl (C=O) groups excluding carboxylic acids is 3. The number of fused-ring (bicyclic) bond motifs is 1. The summed E-state index contributed by atoms with van der Waals surface area (Å²) in [6.07, 6.45) is 4.68. The average molecular weight is 645 g/mol. The number of methoxy groups -OCH3 is 1. The summed E-state index contributed by atoms with van der Waals surface area (Å²) in [6, 6.07) is 13.7. The van der Waals surface area contributed by atoms with Crippen molar-refractivity contribution in [2.75, 3.05) is 37.5 Å². The normalized spacial score (nSPS) is 11.1. The van der Waals surface area contributed by atoms with Gasteiger partial charge in [-0.1, -0.05) is 46.9 Å². The molecule has 0 radical (unpaired) electrons. The molecule has 224 valence electrons. The van der Waals surface area contributed by atoms with Crippen molar-refractivity contribution in [2.24, 2.45) is 0 Å². The van der Waals surface area contributed by atoms with E-state index in [4.69, 9.17) is 44.3 Å². The highest BCUT2D eigenvalue weighted by molar-refractivity contribution is 6.38. The van der Waals surface area contributed by atoms with Gasteiger partial charge in [0.2, 0.25) is 17.7 Å². The van der Waals surface area contributed by atoms with Crippen molar-refractivity contribution >= 4 is 75.6 Å². The van der Waals surface area contributed by atoms with E-state index in [0.717, 1.165) is 5.56 Å². The number of hydrogen-bond acceptors (Lipinski definition) is 6. The van der Waals surface area contributed by atoms with Gasteiger partial charge in [0.25, 0.3) is 0 Å². The number of anilines is 2. The number of rotatable bonds is 11. The predicted octanol–water partition coefficient (Wildman–Crippen LogP) is 5.56. The number of aryl methyl sites for hydroxylation is 1. The largest absolute Gasteiger partial charge is 0.485 e. The number of pyridine rings is 1. The number of halogens is 3. The number of nitrogens with one attached hydrogen (secondary N) is 2. The lowest BCUT2D eigenvalue weighted by atomic mass is 10.2. The first kappa shape index (κ1) is 31.8. The highest BCUT2D eigenvalue weighted by Gasteiger charge is 2.20. The van der Waals surface area contributed by atoms with Crippen LogP contribution in [0.2, 0.25) is 15.2 Å². The van der Waals surface area contributed by atoms with E-state index >= 15 is 0 Å². The highest BCUT2D eigenvalue weighted by Crippen LogP contribution is 2.35. The lowest BCUT2D eigenvalue weighted by Gasteiger charge is -2.21. The molecule has 4 aromatic rings. The quantitative estimate of drug-likeness (QED) is 0.207. The van der Waals surface area contributed by atoms with Crippen molar-refractivity contribution in [1.29, 1.82) is 0 Å². The Morgan fingerprint density at radius 3 is 2.53 bits per heavy atom. The van der Waals surface area contributed by atoms with Gasteiger partial charge in [-0.05, 0) is 55.0 Å². The maximum absolute atomic E-state index is 12.9. The lowest BCUT2D eigenvalue weighted by Crippen LogP contribution is -2.37. The summed E-state index contributed by atoms with van der Waals surface area (Å²) in [7, 11) is 2.99. The SMILES string of the molecule is COCC(=O)Nc1ccc(/C=C/C(=O)NCC(=O)N(C)c2ccc(Cl)c(COc3cccn4c(Cl)c(C)nc34)c2Cl)cc1. The first-order chi connectivity index (χ1) is 20.6. The average Bonchev–Trinajstić information content (AvgIpc) is 3.28. The summed E-state index contributed by atoms with van der Waals surface area (Å²) >= 11 is 19.4. The predicted molar refractivity (Wildman–Crippen MR) is 168 cm³/mol. The number of amides is 3. The third kappa shape index (κ3) is 7.85. The number of likely N-dealkylation sites (N-methyl/N-ethyl adjacent to an activating group) is 1. The Bertz CT molecular complexity index is 1690. The van der Waals surface area contributed by atoms with Gasteiger partial charge in [0.05, 0.1) is 22.9 Å². The zero-order chi connectivity index (χ0) is 31.1. The molecule has 0 unspecified atom stereocenters. The Hall–Kier alpha value is -4.09. The third-order valence-corrected chi connectivity index (χ3v) is 7.53. The minimum atomic E-state index is -0.459. The summed E-state index contributed by atoms with van der Waals surface area (Å²) in [5, 5.41) is 6.34. The molecule has 2 heterocycles. The molecule has 0 spiro atoms. The van der Waals surface area contributed by atoms with Gasteiger partial charge < -0.3 is 25.0 Å². The molecule has 0 atom stereocenters. The van der Waals surface area contributed by atoms with Crippen LogP contribution >= 0.6 is 34.8 Å². The van der Waals surface area contributed by atoms with Crippen molar-refractivity contribution in [3.05, 3.63) is 92.8 Å². The standard InChI is InChI=1S/C30H28Cl3N5O5/c1-18-29(33)38-14-4-5-24(30(38)35-18)43-16-21-22(31)11-12-23(28(21)32)37(2)27(41)15-34-25(39)13-8-19-6-9-20(10-7-19)36-26(40)17-42-3/h4-14H,15-17H2,1-3H3,(H,34,39)(H,36,40)/b13-8+. The van der Waals surface area contributed by atoms with Crippen LogP contribution in [0.1, 0.15) is 16.8 Å². The Labute approximate surface area is 263 Å². The van der Waals surface area contributed by atoms with Gasteiger partial charge in [0.1, 0.15) is 18.4 Å². The highest BCUT2D eigenvalue weighted by atomic mass is 35.5. The molecule has 0 aliphatic rings. The minimum Gasteiger partial charge on any atom is -0.485 e. The fourth-order valence-corrected chi connectivity index (χ4v) is 4.80. The van der Waals surface area contributed by atoms with Gasteiger partial charge in [-0.2, -0.15) is 0 Å². The van der Waals surface area contributed by atoms with Crippen LogP contribution in [0.3, 0.4) is 0 Å². The number of aromatic nitrogens is 2. The topological polar surface area (TPSA) is 114 Å². The molecule has 43 heavy (non-hydrogen) atoms. The van der Waals surface area contributed by atoms with Gasteiger partial charge in [-0.25, -0.2) is 4.98 Å². The van der Waals surface area contributed by atoms with Crippen molar-refractivity contribution < 1.29 is 23.9 Å². The zero-order valence-electron chi connectivity index (χ0n) is 23.5. The van der Waals surface area contributed by atoms with Gasteiger partial charge in [0.15, 0.2) is 11.4 Å². The summed E-state index contributed by atoms with van der Waals surface area (Å²) in [5.74, 6) is -0.645.